The van der Waals surface area contributed by atoms with Crippen LogP contribution in [0.4, 0.5) is 0 Å². The molecule has 2 aromatic heterocycles. The molecule has 1 aromatic carbocycles. The number of para-hydroxylation sites is 1. The summed E-state index contributed by atoms with van der Waals surface area (Å²) in [5, 5.41) is 0.976. The first-order chi connectivity index (χ1) is 9.67. The molecule has 0 saturated heterocycles. The van der Waals surface area contributed by atoms with Gasteiger partial charge < -0.3 is 5.73 Å². The summed E-state index contributed by atoms with van der Waals surface area (Å²) in [5.41, 5.74) is 10.2. The van der Waals surface area contributed by atoms with Crippen LogP contribution in [0.3, 0.4) is 0 Å². The summed E-state index contributed by atoms with van der Waals surface area (Å²) in [7, 11) is 0. The Labute approximate surface area is 126 Å². The summed E-state index contributed by atoms with van der Waals surface area (Å²) in [4.78, 5) is 9.26. The average molecular weight is 301 g/mol. The van der Waals surface area contributed by atoms with Gasteiger partial charge in [0.25, 0.3) is 0 Å². The minimum Gasteiger partial charge on any atom is -0.326 e. The lowest BCUT2D eigenvalue weighted by Crippen LogP contribution is -2.04. The molecule has 0 aliphatic rings. The van der Waals surface area contributed by atoms with Gasteiger partial charge in [-0.1, -0.05) is 12.1 Å². The van der Waals surface area contributed by atoms with Gasteiger partial charge in [-0.05, 0) is 49.4 Å². The van der Waals surface area contributed by atoms with Gasteiger partial charge in [-0.25, -0.2) is 9.97 Å². The standard InChI is InChI=1S/C15H15N3S2/c1-9-7-10(2)17-14(11(9)8-16)20-15-18-12-5-3-4-6-13(12)19-15/h3-7H,8,16H2,1-2H3. The largest absolute Gasteiger partial charge is 0.326 e. The van der Waals surface area contributed by atoms with E-state index in [1.54, 1.807) is 23.1 Å². The smallest absolute Gasteiger partial charge is 0.157 e. The van der Waals surface area contributed by atoms with Crippen molar-refractivity contribution in [2.45, 2.75) is 29.8 Å². The van der Waals surface area contributed by atoms with E-state index >= 15 is 0 Å². The lowest BCUT2D eigenvalue weighted by molar-refractivity contribution is 0.922. The molecular weight excluding hydrogens is 286 g/mol. The van der Waals surface area contributed by atoms with Crippen molar-refractivity contribution >= 4 is 33.3 Å². The molecule has 3 aromatic rings. The highest BCUT2D eigenvalue weighted by molar-refractivity contribution is 8.01. The fourth-order valence-corrected chi connectivity index (χ4v) is 4.38. The van der Waals surface area contributed by atoms with Gasteiger partial charge in [-0.15, -0.1) is 11.3 Å². The number of hydrogen-bond acceptors (Lipinski definition) is 5. The zero-order valence-corrected chi connectivity index (χ0v) is 13.0. The number of hydrogen-bond donors (Lipinski definition) is 1. The molecule has 20 heavy (non-hydrogen) atoms. The first-order valence-corrected chi connectivity index (χ1v) is 8.01. The van der Waals surface area contributed by atoms with Gasteiger partial charge in [0.1, 0.15) is 5.03 Å². The number of nitrogens with two attached hydrogens (primary N) is 1. The zero-order valence-electron chi connectivity index (χ0n) is 11.4. The Morgan fingerprint density at radius 1 is 1.20 bits per heavy atom. The molecule has 2 N–H and O–H groups in total. The zero-order chi connectivity index (χ0) is 14.1. The van der Waals surface area contributed by atoms with Crippen molar-refractivity contribution in [3.05, 3.63) is 47.2 Å². The highest BCUT2D eigenvalue weighted by Gasteiger charge is 2.12. The summed E-state index contributed by atoms with van der Waals surface area (Å²) >= 11 is 3.30. The molecule has 0 aliphatic heterocycles. The van der Waals surface area contributed by atoms with Gasteiger partial charge in [-0.2, -0.15) is 0 Å². The van der Waals surface area contributed by atoms with E-state index in [9.17, 15) is 0 Å². The Kier molecular flexibility index (Phi) is 3.74. The monoisotopic (exact) mass is 301 g/mol. The van der Waals surface area contributed by atoms with Gasteiger partial charge in [0.15, 0.2) is 4.34 Å². The van der Waals surface area contributed by atoms with Crippen LogP contribution in [-0.4, -0.2) is 9.97 Å². The third-order valence-electron chi connectivity index (χ3n) is 3.10. The van der Waals surface area contributed by atoms with Gasteiger partial charge in [-0.3, -0.25) is 0 Å². The van der Waals surface area contributed by atoms with Gasteiger partial charge in [0.05, 0.1) is 10.2 Å². The van der Waals surface area contributed by atoms with Crippen LogP contribution >= 0.6 is 23.1 Å². The second-order valence-electron chi connectivity index (χ2n) is 4.62. The van der Waals surface area contributed by atoms with Crippen LogP contribution in [0.5, 0.6) is 0 Å². The highest BCUT2D eigenvalue weighted by Crippen LogP contribution is 2.35. The van der Waals surface area contributed by atoms with Crippen LogP contribution in [0.25, 0.3) is 10.2 Å². The molecule has 0 fully saturated rings. The number of fused-ring (bicyclic) bond motifs is 1. The summed E-state index contributed by atoms with van der Waals surface area (Å²) in [6.45, 7) is 4.60. The highest BCUT2D eigenvalue weighted by atomic mass is 32.2. The number of pyridine rings is 1. The third kappa shape index (κ3) is 2.57. The average Bonchev–Trinajstić information content (AvgIpc) is 2.80. The maximum absolute atomic E-state index is 5.86. The van der Waals surface area contributed by atoms with E-state index in [-0.39, 0.29) is 0 Å². The number of rotatable bonds is 3. The number of thiazole rings is 1. The molecule has 3 rings (SSSR count). The molecular formula is C15H15N3S2. The van der Waals surface area contributed by atoms with E-state index in [1.165, 1.54) is 10.3 Å². The van der Waals surface area contributed by atoms with Crippen LogP contribution in [-0.2, 0) is 6.54 Å². The van der Waals surface area contributed by atoms with E-state index in [2.05, 4.69) is 29.0 Å². The van der Waals surface area contributed by atoms with E-state index in [0.29, 0.717) is 6.54 Å². The van der Waals surface area contributed by atoms with Gasteiger partial charge >= 0.3 is 0 Å². The minimum atomic E-state index is 0.506. The SMILES string of the molecule is Cc1cc(C)c(CN)c(Sc2nc3ccccc3s2)n1. The lowest BCUT2D eigenvalue weighted by Gasteiger charge is -2.09. The molecule has 0 spiro atoms. The third-order valence-corrected chi connectivity index (χ3v) is 5.23. The van der Waals surface area contributed by atoms with Crippen molar-refractivity contribution in [3.8, 4) is 0 Å². The predicted molar refractivity (Wildman–Crippen MR) is 85.3 cm³/mol. The summed E-state index contributed by atoms with van der Waals surface area (Å²) in [6.07, 6.45) is 0. The summed E-state index contributed by atoms with van der Waals surface area (Å²) in [5.74, 6) is 0. The molecule has 3 nitrogen and oxygen atoms in total. The Balaban J connectivity index is 2.02. The fourth-order valence-electron chi connectivity index (χ4n) is 2.14. The van der Waals surface area contributed by atoms with E-state index in [1.807, 2.05) is 25.1 Å². The number of aryl methyl sites for hydroxylation is 2. The molecule has 2 heterocycles. The van der Waals surface area contributed by atoms with Gasteiger partial charge in [0, 0.05) is 17.8 Å². The van der Waals surface area contributed by atoms with Gasteiger partial charge in [0.2, 0.25) is 0 Å². The second kappa shape index (κ2) is 5.52. The Bertz CT molecular complexity index is 732. The predicted octanol–water partition coefficient (Wildman–Crippen LogP) is 3.92. The maximum Gasteiger partial charge on any atom is 0.157 e. The second-order valence-corrected chi connectivity index (χ2v) is 6.88. The Morgan fingerprint density at radius 2 is 2.00 bits per heavy atom. The summed E-state index contributed by atoms with van der Waals surface area (Å²) < 4.78 is 2.21. The molecule has 0 atom stereocenters. The van der Waals surface area contributed by atoms with Crippen molar-refractivity contribution in [1.82, 2.24) is 9.97 Å². The van der Waals surface area contributed by atoms with Crippen LogP contribution in [0.2, 0.25) is 0 Å². The van der Waals surface area contributed by atoms with E-state index in [0.717, 1.165) is 26.1 Å². The quantitative estimate of drug-likeness (QED) is 0.796. The normalized spacial score (nSPS) is 11.2. The molecule has 0 amide bonds. The molecule has 0 saturated carbocycles. The van der Waals surface area contributed by atoms with Crippen LogP contribution in [0, 0.1) is 13.8 Å². The van der Waals surface area contributed by atoms with Crippen molar-refractivity contribution in [2.24, 2.45) is 5.73 Å². The first kappa shape index (κ1) is 13.5. The first-order valence-electron chi connectivity index (χ1n) is 6.38. The molecule has 102 valence electrons. The molecule has 0 unspecified atom stereocenters. The van der Waals surface area contributed by atoms with Crippen LogP contribution in [0.15, 0.2) is 39.7 Å². The number of benzene rings is 1. The fraction of sp³-hybridized carbons (Fsp3) is 0.200. The molecule has 0 radical (unpaired) electrons. The minimum absolute atomic E-state index is 0.506. The van der Waals surface area contributed by atoms with Crippen molar-refractivity contribution in [2.75, 3.05) is 0 Å². The van der Waals surface area contributed by atoms with Crippen LogP contribution < -0.4 is 5.73 Å². The molecule has 0 aliphatic carbocycles. The van der Waals surface area contributed by atoms with E-state index < -0.39 is 0 Å². The Hall–Kier alpha value is -1.43. The van der Waals surface area contributed by atoms with Crippen LogP contribution in [0.1, 0.15) is 16.8 Å². The van der Waals surface area contributed by atoms with Crippen molar-refractivity contribution in [1.29, 1.82) is 0 Å². The Morgan fingerprint density at radius 3 is 2.75 bits per heavy atom. The molecule has 0 bridgehead atoms. The van der Waals surface area contributed by atoms with E-state index in [4.69, 9.17) is 5.73 Å². The summed E-state index contributed by atoms with van der Waals surface area (Å²) in [6, 6.07) is 10.3. The topological polar surface area (TPSA) is 51.8 Å². The number of aromatic nitrogens is 2. The maximum atomic E-state index is 5.86. The number of nitrogens with zero attached hydrogens (tertiary/aromatic N) is 2. The molecule has 5 heteroatoms. The van der Waals surface area contributed by atoms with Crippen molar-refractivity contribution in [3.63, 3.8) is 0 Å². The van der Waals surface area contributed by atoms with Crippen molar-refractivity contribution < 1.29 is 0 Å². The lowest BCUT2D eigenvalue weighted by atomic mass is 10.1.